The van der Waals surface area contributed by atoms with Gasteiger partial charge in [0.2, 0.25) is 5.82 Å². The molecule has 34 heavy (non-hydrogen) atoms. The minimum atomic E-state index is -1.21. The smallest absolute Gasteiger partial charge is 0.545 e. The second-order valence-electron chi connectivity index (χ2n) is 7.52. The molecule has 5 rings (SSSR count). The molecule has 2 aromatic heterocycles. The minimum Gasteiger partial charge on any atom is -0.545 e. The van der Waals surface area contributed by atoms with Gasteiger partial charge in [0.05, 0.1) is 23.7 Å². The van der Waals surface area contributed by atoms with E-state index in [2.05, 4.69) is 26.5 Å². The molecule has 7 nitrogen and oxygen atoms in total. The number of para-hydroxylation sites is 1. The van der Waals surface area contributed by atoms with Crippen molar-refractivity contribution in [2.24, 2.45) is 0 Å². The molecule has 0 bridgehead atoms. The topological polar surface area (TPSA) is 96.6 Å². The maximum absolute atomic E-state index is 11.1. The molecule has 0 unspecified atom stereocenters. The Morgan fingerprint density at radius 1 is 0.912 bits per heavy atom. The Kier molecular flexibility index (Phi) is 7.27. The molecule has 160 valence electrons. The first kappa shape index (κ1) is 23.5. The van der Waals surface area contributed by atoms with Gasteiger partial charge < -0.3 is 9.90 Å². The molecule has 0 N–H and O–H groups in total. The summed E-state index contributed by atoms with van der Waals surface area (Å²) < 4.78 is 0. The Morgan fingerprint density at radius 2 is 1.76 bits per heavy atom. The molecule has 0 saturated heterocycles. The number of hydrogen-bond donors (Lipinski definition) is 0. The van der Waals surface area contributed by atoms with Crippen molar-refractivity contribution in [3.8, 4) is 11.4 Å². The average Bonchev–Trinajstić information content (AvgIpc) is 3.31. The normalized spacial score (nSPS) is 10.9. The van der Waals surface area contributed by atoms with E-state index in [0.717, 1.165) is 33.3 Å². The van der Waals surface area contributed by atoms with Crippen LogP contribution >= 0.6 is 0 Å². The average molecular weight is 455 g/mol. The van der Waals surface area contributed by atoms with E-state index in [9.17, 15) is 9.90 Å². The third kappa shape index (κ3) is 5.46. The number of pyridine rings is 1. The largest absolute Gasteiger partial charge is 1.00 e. The number of carboxylic acids is 1. The molecule has 0 aliphatic heterocycles. The molecule has 0 amide bonds. The van der Waals surface area contributed by atoms with Gasteiger partial charge in [0.1, 0.15) is 0 Å². The van der Waals surface area contributed by atoms with Crippen LogP contribution < -0.4 is 34.7 Å². The Labute approximate surface area is 218 Å². The van der Waals surface area contributed by atoms with Crippen LogP contribution in [0.25, 0.3) is 34.4 Å². The number of hydrogen-bond acceptors (Lipinski definition) is 6. The number of carbonyl (C=O) groups excluding carboxylic acids is 1. The van der Waals surface area contributed by atoms with Gasteiger partial charge in [0.25, 0.3) is 0 Å². The summed E-state index contributed by atoms with van der Waals surface area (Å²) in [5, 5.41) is 24.9. The molecular formula is C26H18N5NaO2. The molecule has 8 heteroatoms. The first-order chi connectivity index (χ1) is 16.1. The summed E-state index contributed by atoms with van der Waals surface area (Å²) in [7, 11) is 0. The fourth-order valence-electron chi connectivity index (χ4n) is 3.52. The number of carbonyl (C=O) groups is 1. The zero-order valence-corrected chi connectivity index (χ0v) is 20.5. The number of carboxylic acid groups (broad SMARTS) is 1. The number of nitrogens with zero attached hydrogens (tertiary/aromatic N) is 5. The van der Waals surface area contributed by atoms with Crippen molar-refractivity contribution in [2.45, 2.75) is 6.54 Å². The number of aromatic nitrogens is 5. The molecule has 0 saturated carbocycles. The van der Waals surface area contributed by atoms with Gasteiger partial charge in [-0.1, -0.05) is 66.7 Å². The molecule has 2 heterocycles. The van der Waals surface area contributed by atoms with Gasteiger partial charge in [-0.3, -0.25) is 0 Å². The van der Waals surface area contributed by atoms with Gasteiger partial charge in [-0.2, -0.15) is 4.80 Å². The molecule has 0 radical (unpaired) electrons. The van der Waals surface area contributed by atoms with Gasteiger partial charge in [-0.05, 0) is 52.2 Å². The van der Waals surface area contributed by atoms with E-state index in [1.54, 1.807) is 12.1 Å². The van der Waals surface area contributed by atoms with Crippen molar-refractivity contribution in [3.63, 3.8) is 0 Å². The van der Waals surface area contributed by atoms with Crippen LogP contribution in [0.15, 0.2) is 84.9 Å². The molecule has 0 atom stereocenters. The predicted octanol–water partition coefficient (Wildman–Crippen LogP) is 0.474. The van der Waals surface area contributed by atoms with E-state index in [1.165, 1.54) is 10.9 Å². The second kappa shape index (κ2) is 10.5. The van der Waals surface area contributed by atoms with Gasteiger partial charge in [0, 0.05) is 10.9 Å². The van der Waals surface area contributed by atoms with Gasteiger partial charge in [-0.15, -0.1) is 10.2 Å². The third-order valence-electron chi connectivity index (χ3n) is 5.15. The minimum absolute atomic E-state index is 0. The van der Waals surface area contributed by atoms with Crippen LogP contribution in [0.3, 0.4) is 0 Å². The fourth-order valence-corrected chi connectivity index (χ4v) is 3.52. The number of aromatic carboxylic acids is 1. The SMILES string of the molecule is O=C([O-])c1cccc(Cn2nnc(-c3cccc(/C=C/c4ccc5ccccc5n4)c3)n2)c1.[Na+]. The van der Waals surface area contributed by atoms with E-state index >= 15 is 0 Å². The van der Waals surface area contributed by atoms with Crippen molar-refractivity contribution in [1.29, 1.82) is 0 Å². The standard InChI is InChI=1S/C26H19N5O2.Na/c32-26(33)22-9-4-6-19(16-22)17-31-29-25(28-30-31)21-8-3-5-18(15-21)11-13-23-14-12-20-7-1-2-10-24(20)27-23;/h1-16H,17H2,(H,32,33);/q;+1/p-1/b13-11+;. The molecule has 5 aromatic rings. The molecule has 0 spiro atoms. The summed E-state index contributed by atoms with van der Waals surface area (Å²) in [6.07, 6.45) is 3.97. The molecule has 0 aliphatic rings. The second-order valence-corrected chi connectivity index (χ2v) is 7.52. The Balaban J connectivity index is 0.00000274. The van der Waals surface area contributed by atoms with Crippen LogP contribution in [0.1, 0.15) is 27.2 Å². The Hall–Kier alpha value is -3.65. The maximum atomic E-state index is 11.1. The van der Waals surface area contributed by atoms with Crippen molar-refractivity contribution < 1.29 is 39.5 Å². The van der Waals surface area contributed by atoms with Crippen LogP contribution in [0.2, 0.25) is 0 Å². The first-order valence-corrected chi connectivity index (χ1v) is 10.4. The zero-order chi connectivity index (χ0) is 22.6. The van der Waals surface area contributed by atoms with E-state index in [4.69, 9.17) is 0 Å². The molecular weight excluding hydrogens is 437 g/mol. The third-order valence-corrected chi connectivity index (χ3v) is 5.15. The van der Waals surface area contributed by atoms with Crippen LogP contribution in [0, 0.1) is 0 Å². The van der Waals surface area contributed by atoms with Crippen molar-refractivity contribution in [1.82, 2.24) is 25.2 Å². The number of tetrazole rings is 1. The quantitative estimate of drug-likeness (QED) is 0.346. The van der Waals surface area contributed by atoms with Crippen LogP contribution in [0.5, 0.6) is 0 Å². The zero-order valence-electron chi connectivity index (χ0n) is 18.5. The van der Waals surface area contributed by atoms with Gasteiger partial charge in [-0.25, -0.2) is 4.98 Å². The summed E-state index contributed by atoms with van der Waals surface area (Å²) in [4.78, 5) is 17.2. The Bertz CT molecular complexity index is 1500. The van der Waals surface area contributed by atoms with Gasteiger partial charge >= 0.3 is 29.6 Å². The van der Waals surface area contributed by atoms with Crippen LogP contribution in [0.4, 0.5) is 0 Å². The predicted molar refractivity (Wildman–Crippen MR) is 124 cm³/mol. The van der Waals surface area contributed by atoms with Crippen molar-refractivity contribution in [3.05, 3.63) is 107 Å². The van der Waals surface area contributed by atoms with Crippen molar-refractivity contribution >= 4 is 29.0 Å². The maximum Gasteiger partial charge on any atom is 1.00 e. The van der Waals surface area contributed by atoms with Crippen LogP contribution in [-0.2, 0) is 6.54 Å². The first-order valence-electron chi connectivity index (χ1n) is 10.4. The number of benzene rings is 3. The fraction of sp³-hybridized carbons (Fsp3) is 0.0385. The molecule has 0 fully saturated rings. The summed E-state index contributed by atoms with van der Waals surface area (Å²) in [5.74, 6) is -0.724. The summed E-state index contributed by atoms with van der Waals surface area (Å²) in [5.41, 5.74) is 4.52. The van der Waals surface area contributed by atoms with E-state index in [-0.39, 0.29) is 35.1 Å². The molecule has 0 aliphatic carbocycles. The van der Waals surface area contributed by atoms with Gasteiger partial charge in [0.15, 0.2) is 0 Å². The molecule has 3 aromatic carbocycles. The number of rotatable bonds is 6. The van der Waals surface area contributed by atoms with E-state index in [1.807, 2.05) is 72.8 Å². The van der Waals surface area contributed by atoms with E-state index < -0.39 is 5.97 Å². The Morgan fingerprint density at radius 3 is 2.65 bits per heavy atom. The summed E-state index contributed by atoms with van der Waals surface area (Å²) >= 11 is 0. The van der Waals surface area contributed by atoms with E-state index in [0.29, 0.717) is 12.4 Å². The van der Waals surface area contributed by atoms with Crippen LogP contribution in [-0.4, -0.2) is 31.2 Å². The summed E-state index contributed by atoms with van der Waals surface area (Å²) in [6, 6.07) is 26.4. The van der Waals surface area contributed by atoms with Crippen molar-refractivity contribution in [2.75, 3.05) is 0 Å². The monoisotopic (exact) mass is 455 g/mol. The number of fused-ring (bicyclic) bond motifs is 1. The summed E-state index contributed by atoms with van der Waals surface area (Å²) in [6.45, 7) is 0.307.